The number of rotatable bonds is 8. The smallest absolute Gasteiger partial charge is 0.0905 e. The van der Waals surface area contributed by atoms with E-state index in [1.54, 1.807) is 0 Å². The molecular weight excluding hydrogens is 152 g/mol. The fourth-order valence-corrected chi connectivity index (χ4v) is 0.868. The van der Waals surface area contributed by atoms with Crippen molar-refractivity contribution < 1.29 is 4.74 Å². The van der Waals surface area contributed by atoms with Gasteiger partial charge in [0.2, 0.25) is 0 Å². The third kappa shape index (κ3) is 9.43. The lowest BCUT2D eigenvalue weighted by atomic mass is 10.2. The molecule has 0 saturated carbocycles. The molecule has 3 N–H and O–H groups in total. The lowest BCUT2D eigenvalue weighted by Crippen LogP contribution is -2.09. The van der Waals surface area contributed by atoms with Crippen molar-refractivity contribution in [2.75, 3.05) is 13.2 Å². The predicted octanol–water partition coefficient (Wildman–Crippen LogP) is 1.91. The summed E-state index contributed by atoms with van der Waals surface area (Å²) < 4.78 is 5.34. The van der Waals surface area contributed by atoms with Crippen molar-refractivity contribution in [2.45, 2.75) is 39.0 Å². The van der Waals surface area contributed by atoms with Crippen LogP contribution in [0.3, 0.4) is 0 Å². The minimum absolute atomic E-state index is 0.281. The van der Waals surface area contributed by atoms with Crippen molar-refractivity contribution in [3.63, 3.8) is 0 Å². The Morgan fingerprint density at radius 3 is 2.50 bits per heavy atom. The van der Waals surface area contributed by atoms with E-state index in [9.17, 15) is 0 Å². The largest absolute Gasteiger partial charge is 0.388 e. The fraction of sp³-hybridized carbons (Fsp3) is 0.889. The van der Waals surface area contributed by atoms with Gasteiger partial charge in [-0.05, 0) is 19.3 Å². The fourth-order valence-electron chi connectivity index (χ4n) is 0.868. The molecule has 72 valence electrons. The summed E-state index contributed by atoms with van der Waals surface area (Å²) in [6, 6.07) is 0. The zero-order valence-electron chi connectivity index (χ0n) is 7.94. The van der Waals surface area contributed by atoms with E-state index in [-0.39, 0.29) is 5.84 Å². The Morgan fingerprint density at radius 1 is 1.25 bits per heavy atom. The molecule has 0 aliphatic heterocycles. The lowest BCUT2D eigenvalue weighted by molar-refractivity contribution is 0.128. The highest BCUT2D eigenvalue weighted by molar-refractivity contribution is 5.76. The van der Waals surface area contributed by atoms with Gasteiger partial charge >= 0.3 is 0 Å². The van der Waals surface area contributed by atoms with Gasteiger partial charge in [-0.1, -0.05) is 13.3 Å². The predicted molar refractivity (Wildman–Crippen MR) is 51.5 cm³/mol. The van der Waals surface area contributed by atoms with Gasteiger partial charge in [0.15, 0.2) is 0 Å². The van der Waals surface area contributed by atoms with Crippen LogP contribution in [0.4, 0.5) is 0 Å². The first-order valence-corrected chi connectivity index (χ1v) is 4.68. The summed E-state index contributed by atoms with van der Waals surface area (Å²) in [5.41, 5.74) is 5.20. The maximum absolute atomic E-state index is 6.98. The van der Waals surface area contributed by atoms with Crippen LogP contribution in [0.2, 0.25) is 0 Å². The van der Waals surface area contributed by atoms with Crippen molar-refractivity contribution in [1.29, 1.82) is 5.41 Å². The second-order valence-electron chi connectivity index (χ2n) is 2.95. The van der Waals surface area contributed by atoms with E-state index < -0.39 is 0 Å². The maximum Gasteiger partial charge on any atom is 0.0905 e. The molecule has 3 heteroatoms. The van der Waals surface area contributed by atoms with Gasteiger partial charge in [-0.15, -0.1) is 0 Å². The first-order valence-electron chi connectivity index (χ1n) is 4.68. The summed E-state index contributed by atoms with van der Waals surface area (Å²) in [5.74, 6) is 0.281. The maximum atomic E-state index is 6.98. The molecule has 0 aliphatic rings. The Labute approximate surface area is 74.8 Å². The van der Waals surface area contributed by atoms with Gasteiger partial charge in [0.25, 0.3) is 0 Å². The number of amidine groups is 1. The Balaban J connectivity index is 2.86. The molecule has 0 atom stereocenters. The monoisotopic (exact) mass is 172 g/mol. The Morgan fingerprint density at radius 2 is 1.92 bits per heavy atom. The lowest BCUT2D eigenvalue weighted by Gasteiger charge is -2.02. The normalized spacial score (nSPS) is 10.1. The molecule has 0 bridgehead atoms. The number of hydrogen-bond donors (Lipinski definition) is 2. The average Bonchev–Trinajstić information content (AvgIpc) is 2.02. The molecule has 0 heterocycles. The van der Waals surface area contributed by atoms with Crippen LogP contribution >= 0.6 is 0 Å². The van der Waals surface area contributed by atoms with Crippen molar-refractivity contribution in [1.82, 2.24) is 0 Å². The van der Waals surface area contributed by atoms with Crippen LogP contribution in [0.5, 0.6) is 0 Å². The highest BCUT2D eigenvalue weighted by atomic mass is 16.5. The molecule has 0 aromatic carbocycles. The standard InChI is InChI=1S/C9H20N2O/c1-2-3-7-12-8-5-4-6-9(10)11/h2-8H2,1H3,(H3,10,11). The first-order chi connectivity index (χ1) is 5.77. The van der Waals surface area contributed by atoms with Crippen LogP contribution in [0.15, 0.2) is 0 Å². The van der Waals surface area contributed by atoms with E-state index in [4.69, 9.17) is 15.9 Å². The second kappa shape index (κ2) is 8.53. The molecule has 0 unspecified atom stereocenters. The van der Waals surface area contributed by atoms with Crippen LogP contribution in [0.1, 0.15) is 39.0 Å². The molecule has 0 fully saturated rings. The molecule has 0 aromatic rings. The van der Waals surface area contributed by atoms with Crippen LogP contribution in [-0.4, -0.2) is 19.0 Å². The van der Waals surface area contributed by atoms with Crippen LogP contribution in [-0.2, 0) is 4.74 Å². The molecule has 0 radical (unpaired) electrons. The zero-order chi connectivity index (χ0) is 9.23. The van der Waals surface area contributed by atoms with Gasteiger partial charge < -0.3 is 10.5 Å². The first kappa shape index (κ1) is 11.4. The Bertz CT molecular complexity index is 115. The van der Waals surface area contributed by atoms with E-state index in [0.29, 0.717) is 6.42 Å². The quantitative estimate of drug-likeness (QED) is 0.334. The van der Waals surface area contributed by atoms with Gasteiger partial charge in [-0.25, -0.2) is 0 Å². The third-order valence-corrected chi connectivity index (χ3v) is 1.63. The summed E-state index contributed by atoms with van der Waals surface area (Å²) in [6.45, 7) is 3.84. The molecule has 0 aliphatic carbocycles. The van der Waals surface area contributed by atoms with Crippen LogP contribution in [0, 0.1) is 5.41 Å². The molecule has 0 rings (SSSR count). The van der Waals surface area contributed by atoms with Gasteiger partial charge in [0.05, 0.1) is 5.84 Å². The van der Waals surface area contributed by atoms with E-state index in [1.807, 2.05) is 0 Å². The van der Waals surface area contributed by atoms with Crippen molar-refractivity contribution in [3.05, 3.63) is 0 Å². The van der Waals surface area contributed by atoms with Crippen molar-refractivity contribution >= 4 is 5.84 Å². The number of nitrogens with one attached hydrogen (secondary N) is 1. The summed E-state index contributed by atoms with van der Waals surface area (Å²) >= 11 is 0. The number of unbranched alkanes of at least 4 members (excludes halogenated alkanes) is 2. The van der Waals surface area contributed by atoms with Gasteiger partial charge in [0.1, 0.15) is 0 Å². The summed E-state index contributed by atoms with van der Waals surface area (Å²) in [5, 5.41) is 6.98. The minimum atomic E-state index is 0.281. The zero-order valence-corrected chi connectivity index (χ0v) is 7.94. The van der Waals surface area contributed by atoms with Gasteiger partial charge in [-0.3, -0.25) is 5.41 Å². The second-order valence-corrected chi connectivity index (χ2v) is 2.95. The Hall–Kier alpha value is -0.570. The van der Waals surface area contributed by atoms with Gasteiger partial charge in [0, 0.05) is 19.6 Å². The molecule has 12 heavy (non-hydrogen) atoms. The van der Waals surface area contributed by atoms with E-state index in [0.717, 1.165) is 32.5 Å². The topological polar surface area (TPSA) is 59.1 Å². The molecular formula is C9H20N2O. The van der Waals surface area contributed by atoms with Crippen molar-refractivity contribution in [2.24, 2.45) is 5.73 Å². The van der Waals surface area contributed by atoms with E-state index >= 15 is 0 Å². The van der Waals surface area contributed by atoms with Crippen LogP contribution in [0.25, 0.3) is 0 Å². The molecule has 3 nitrogen and oxygen atoms in total. The van der Waals surface area contributed by atoms with Crippen LogP contribution < -0.4 is 5.73 Å². The van der Waals surface area contributed by atoms with E-state index in [2.05, 4.69) is 6.92 Å². The minimum Gasteiger partial charge on any atom is -0.388 e. The summed E-state index contributed by atoms with van der Waals surface area (Å²) in [6.07, 6.45) is 5.03. The average molecular weight is 172 g/mol. The van der Waals surface area contributed by atoms with Crippen molar-refractivity contribution in [3.8, 4) is 0 Å². The molecule has 0 saturated heterocycles. The number of nitrogens with two attached hydrogens (primary N) is 1. The number of ether oxygens (including phenoxy) is 1. The highest BCUT2D eigenvalue weighted by Crippen LogP contribution is 1.96. The summed E-state index contributed by atoms with van der Waals surface area (Å²) in [7, 11) is 0. The third-order valence-electron chi connectivity index (χ3n) is 1.63. The molecule has 0 spiro atoms. The highest BCUT2D eigenvalue weighted by Gasteiger charge is 1.91. The number of hydrogen-bond acceptors (Lipinski definition) is 2. The van der Waals surface area contributed by atoms with Gasteiger partial charge in [-0.2, -0.15) is 0 Å². The molecule has 0 amide bonds. The SMILES string of the molecule is CCCCOCCCCC(=N)N. The Kier molecular flexibility index (Phi) is 8.12. The summed E-state index contributed by atoms with van der Waals surface area (Å²) in [4.78, 5) is 0. The molecule has 0 aromatic heterocycles. The van der Waals surface area contributed by atoms with E-state index in [1.165, 1.54) is 6.42 Å².